The van der Waals surface area contributed by atoms with Crippen LogP contribution in [0.1, 0.15) is 15.9 Å². The van der Waals surface area contributed by atoms with E-state index in [0.29, 0.717) is 0 Å². The van der Waals surface area contributed by atoms with Crippen molar-refractivity contribution in [1.82, 2.24) is 4.98 Å². The summed E-state index contributed by atoms with van der Waals surface area (Å²) in [6, 6.07) is 9.69. The number of fused-ring (bicyclic) bond motifs is 1. The highest BCUT2D eigenvalue weighted by Crippen LogP contribution is 2.34. The highest BCUT2D eigenvalue weighted by atomic mass is 32.1. The summed E-state index contributed by atoms with van der Waals surface area (Å²) < 4.78 is 39.5. The fourth-order valence-corrected chi connectivity index (χ4v) is 2.75. The highest BCUT2D eigenvalue weighted by Gasteiger charge is 2.33. The molecule has 22 heavy (non-hydrogen) atoms. The first-order valence-corrected chi connectivity index (χ1v) is 7.14. The van der Waals surface area contributed by atoms with E-state index in [-0.39, 0.29) is 11.3 Å². The minimum absolute atomic E-state index is 0.260. The van der Waals surface area contributed by atoms with Crippen LogP contribution in [0.5, 0.6) is 0 Å². The van der Waals surface area contributed by atoms with Gasteiger partial charge in [-0.1, -0.05) is 12.1 Å². The monoisotopic (exact) mass is 322 g/mol. The number of hydrogen-bond donors (Lipinski definition) is 1. The molecule has 0 bridgehead atoms. The number of nitrogens with zero attached hydrogens (tertiary/aromatic N) is 1. The summed E-state index contributed by atoms with van der Waals surface area (Å²) in [5.41, 5.74) is 1.54. The van der Waals surface area contributed by atoms with Crippen LogP contribution in [0.3, 0.4) is 0 Å². The third-order valence-corrected chi connectivity index (χ3v) is 3.87. The molecule has 1 aromatic heterocycles. The minimum Gasteiger partial charge on any atom is -0.321 e. The molecule has 7 heteroatoms. The smallest absolute Gasteiger partial charge is 0.321 e. The Morgan fingerprint density at radius 2 is 1.91 bits per heavy atom. The third kappa shape index (κ3) is 2.80. The molecule has 0 atom stereocenters. The number of halogens is 3. The van der Waals surface area contributed by atoms with Crippen LogP contribution in [0, 0.1) is 0 Å². The van der Waals surface area contributed by atoms with Crippen LogP contribution in [-0.2, 0) is 6.18 Å². The number of thiazole rings is 1. The highest BCUT2D eigenvalue weighted by molar-refractivity contribution is 7.16. The number of benzene rings is 2. The molecule has 0 aliphatic heterocycles. The zero-order valence-electron chi connectivity index (χ0n) is 11.0. The second kappa shape index (κ2) is 5.42. The van der Waals surface area contributed by atoms with Gasteiger partial charge in [-0.25, -0.2) is 4.98 Å². The molecule has 3 nitrogen and oxygen atoms in total. The Bertz CT molecular complexity index is 842. The topological polar surface area (TPSA) is 42.0 Å². The molecule has 3 rings (SSSR count). The van der Waals surface area contributed by atoms with Crippen molar-refractivity contribution >= 4 is 33.1 Å². The standard InChI is InChI=1S/C15H9F3N2OS/c16-15(17,18)10-3-1-2-4-11(10)20-14(21)9-5-6-12-13(7-9)22-8-19-12/h1-8H,(H,20,21). The summed E-state index contributed by atoms with van der Waals surface area (Å²) in [5.74, 6) is -0.591. The maximum atomic E-state index is 12.9. The van der Waals surface area contributed by atoms with Crippen molar-refractivity contribution in [2.45, 2.75) is 6.18 Å². The minimum atomic E-state index is -4.52. The van der Waals surface area contributed by atoms with Gasteiger partial charge in [0.15, 0.2) is 0 Å². The van der Waals surface area contributed by atoms with Crippen LogP contribution in [0.25, 0.3) is 10.2 Å². The van der Waals surface area contributed by atoms with E-state index in [1.165, 1.54) is 35.6 Å². The molecule has 0 spiro atoms. The molecule has 1 amide bonds. The lowest BCUT2D eigenvalue weighted by Gasteiger charge is -2.13. The number of hydrogen-bond acceptors (Lipinski definition) is 3. The summed E-state index contributed by atoms with van der Waals surface area (Å²) >= 11 is 1.36. The Morgan fingerprint density at radius 1 is 1.14 bits per heavy atom. The van der Waals surface area contributed by atoms with Gasteiger partial charge >= 0.3 is 6.18 Å². The van der Waals surface area contributed by atoms with Gasteiger partial charge in [0.25, 0.3) is 5.91 Å². The number of carbonyl (C=O) groups excluding carboxylic acids is 1. The fraction of sp³-hybridized carbons (Fsp3) is 0.0667. The molecule has 0 aliphatic carbocycles. The maximum absolute atomic E-state index is 12.9. The summed E-state index contributed by atoms with van der Waals surface area (Å²) in [6.07, 6.45) is -4.52. The average molecular weight is 322 g/mol. The number of rotatable bonds is 2. The van der Waals surface area contributed by atoms with E-state index in [1.54, 1.807) is 17.6 Å². The Balaban J connectivity index is 1.91. The molecule has 1 N–H and O–H groups in total. The molecule has 3 aromatic rings. The van der Waals surface area contributed by atoms with Gasteiger partial charge in [0.1, 0.15) is 0 Å². The number of carbonyl (C=O) groups is 1. The van der Waals surface area contributed by atoms with Gasteiger partial charge in [-0.3, -0.25) is 4.79 Å². The van der Waals surface area contributed by atoms with Gasteiger partial charge in [-0.05, 0) is 30.3 Å². The molecule has 0 saturated carbocycles. The molecule has 0 aliphatic rings. The molecule has 0 unspecified atom stereocenters. The van der Waals surface area contributed by atoms with E-state index in [2.05, 4.69) is 10.3 Å². The van der Waals surface area contributed by atoms with Crippen molar-refractivity contribution in [3.63, 3.8) is 0 Å². The summed E-state index contributed by atoms with van der Waals surface area (Å²) in [6.45, 7) is 0. The first-order valence-electron chi connectivity index (χ1n) is 6.26. The number of alkyl halides is 3. The summed E-state index contributed by atoms with van der Waals surface area (Å²) in [5, 5.41) is 2.32. The van der Waals surface area contributed by atoms with Crippen LogP contribution in [0.15, 0.2) is 48.0 Å². The van der Waals surface area contributed by atoms with Crippen molar-refractivity contribution < 1.29 is 18.0 Å². The molecule has 1 heterocycles. The molecular formula is C15H9F3N2OS. The van der Waals surface area contributed by atoms with Crippen LogP contribution < -0.4 is 5.32 Å². The number of aromatic nitrogens is 1. The molecule has 0 saturated heterocycles. The van der Waals surface area contributed by atoms with Gasteiger partial charge < -0.3 is 5.32 Å². The van der Waals surface area contributed by atoms with Gasteiger partial charge in [0, 0.05) is 5.56 Å². The van der Waals surface area contributed by atoms with Crippen LogP contribution >= 0.6 is 11.3 Å². The molecule has 0 fully saturated rings. The predicted molar refractivity (Wildman–Crippen MR) is 79.0 cm³/mol. The van der Waals surface area contributed by atoms with Crippen molar-refractivity contribution in [2.75, 3.05) is 5.32 Å². The van der Waals surface area contributed by atoms with E-state index in [9.17, 15) is 18.0 Å². The average Bonchev–Trinajstić information content (AvgIpc) is 2.94. The van der Waals surface area contributed by atoms with Gasteiger partial charge in [-0.2, -0.15) is 13.2 Å². The molecule has 112 valence electrons. The van der Waals surface area contributed by atoms with Gasteiger partial charge in [0.05, 0.1) is 27.0 Å². The van der Waals surface area contributed by atoms with E-state index in [0.717, 1.165) is 16.3 Å². The number of amides is 1. The van der Waals surface area contributed by atoms with E-state index in [1.807, 2.05) is 0 Å². The van der Waals surface area contributed by atoms with E-state index in [4.69, 9.17) is 0 Å². The van der Waals surface area contributed by atoms with E-state index >= 15 is 0 Å². The van der Waals surface area contributed by atoms with Crippen LogP contribution in [-0.4, -0.2) is 10.9 Å². The molecule has 2 aromatic carbocycles. The summed E-state index contributed by atoms with van der Waals surface area (Å²) in [7, 11) is 0. The lowest BCUT2D eigenvalue weighted by atomic mass is 10.1. The first-order chi connectivity index (χ1) is 10.4. The lowest BCUT2D eigenvalue weighted by molar-refractivity contribution is -0.136. The van der Waals surface area contributed by atoms with E-state index < -0.39 is 17.6 Å². The largest absolute Gasteiger partial charge is 0.418 e. The van der Waals surface area contributed by atoms with Crippen LogP contribution in [0.4, 0.5) is 18.9 Å². The van der Waals surface area contributed by atoms with Crippen LogP contribution in [0.2, 0.25) is 0 Å². The van der Waals surface area contributed by atoms with Gasteiger partial charge in [0.2, 0.25) is 0 Å². The molecule has 0 radical (unpaired) electrons. The normalized spacial score (nSPS) is 11.6. The quantitative estimate of drug-likeness (QED) is 0.751. The second-order valence-electron chi connectivity index (χ2n) is 4.53. The number of para-hydroxylation sites is 1. The second-order valence-corrected chi connectivity index (χ2v) is 5.42. The van der Waals surface area contributed by atoms with Crippen molar-refractivity contribution in [3.8, 4) is 0 Å². The Hall–Kier alpha value is -2.41. The zero-order chi connectivity index (χ0) is 15.7. The maximum Gasteiger partial charge on any atom is 0.418 e. The first kappa shape index (κ1) is 14.5. The van der Waals surface area contributed by atoms with Crippen molar-refractivity contribution in [3.05, 3.63) is 59.1 Å². The Kier molecular flexibility index (Phi) is 3.58. The molecular weight excluding hydrogens is 313 g/mol. The number of anilines is 1. The van der Waals surface area contributed by atoms with Gasteiger partial charge in [-0.15, -0.1) is 11.3 Å². The SMILES string of the molecule is O=C(Nc1ccccc1C(F)(F)F)c1ccc2ncsc2c1. The third-order valence-electron chi connectivity index (χ3n) is 3.07. The van der Waals surface area contributed by atoms with Crippen molar-refractivity contribution in [1.29, 1.82) is 0 Å². The predicted octanol–water partition coefficient (Wildman–Crippen LogP) is 4.57. The Morgan fingerprint density at radius 3 is 2.68 bits per heavy atom. The summed E-state index contributed by atoms with van der Waals surface area (Å²) in [4.78, 5) is 16.3. The van der Waals surface area contributed by atoms with Crippen molar-refractivity contribution in [2.24, 2.45) is 0 Å². The fourth-order valence-electron chi connectivity index (χ4n) is 2.03. The Labute approximate surface area is 127 Å². The lowest BCUT2D eigenvalue weighted by Crippen LogP contribution is -2.16. The zero-order valence-corrected chi connectivity index (χ0v) is 11.8. The number of nitrogens with one attached hydrogen (secondary N) is 1.